The zero-order chi connectivity index (χ0) is 21.5. The average molecular weight is 416 g/mol. The van der Waals surface area contributed by atoms with Gasteiger partial charge in [0.1, 0.15) is 17.6 Å². The Bertz CT molecular complexity index is 1150. The molecule has 31 heavy (non-hydrogen) atoms. The lowest BCUT2D eigenvalue weighted by atomic mass is 10.1. The van der Waals surface area contributed by atoms with Crippen molar-refractivity contribution in [2.45, 2.75) is 26.5 Å². The first-order chi connectivity index (χ1) is 15.0. The number of benzene rings is 1. The van der Waals surface area contributed by atoms with Crippen molar-refractivity contribution >= 4 is 5.91 Å². The third-order valence-corrected chi connectivity index (χ3v) is 6.21. The van der Waals surface area contributed by atoms with Gasteiger partial charge in [-0.15, -0.1) is 0 Å². The van der Waals surface area contributed by atoms with E-state index in [1.165, 1.54) is 0 Å². The molecule has 1 aliphatic carbocycles. The highest BCUT2D eigenvalue weighted by molar-refractivity contribution is 5.74. The van der Waals surface area contributed by atoms with E-state index in [0.717, 1.165) is 29.9 Å². The second-order valence-electron chi connectivity index (χ2n) is 8.39. The molecule has 1 N–H and O–H groups in total. The minimum absolute atomic E-state index is 0.166. The summed E-state index contributed by atoms with van der Waals surface area (Å²) in [5, 5.41) is 14.0. The van der Waals surface area contributed by atoms with Crippen LogP contribution in [-0.2, 0) is 11.3 Å². The molecule has 2 aromatic heterocycles. The van der Waals surface area contributed by atoms with E-state index >= 15 is 0 Å². The first kappa shape index (κ1) is 19.6. The molecule has 0 radical (unpaired) electrons. The van der Waals surface area contributed by atoms with Crippen LogP contribution in [0, 0.1) is 29.6 Å². The van der Waals surface area contributed by atoms with Crippen molar-refractivity contribution in [2.75, 3.05) is 13.1 Å². The van der Waals surface area contributed by atoms with Gasteiger partial charge in [-0.1, -0.05) is 29.1 Å². The maximum atomic E-state index is 11.4. The molecule has 7 heteroatoms. The number of piperidine rings is 1. The van der Waals surface area contributed by atoms with Crippen molar-refractivity contribution in [3.05, 3.63) is 59.9 Å². The smallest absolute Gasteiger partial charge is 0.219 e. The fourth-order valence-corrected chi connectivity index (χ4v) is 4.40. The lowest BCUT2D eigenvalue weighted by Crippen LogP contribution is -2.28. The SMILES string of the molecule is CC(=O)N1C[C@@H]2[C@@H](C#Cc3ccc(-c4cc(Cn5ccnc5[C@H](C)O)on4)cc3)[C@@H]2C1. The Balaban J connectivity index is 1.22. The first-order valence-corrected chi connectivity index (χ1v) is 10.5. The van der Waals surface area contributed by atoms with Crippen LogP contribution in [0.3, 0.4) is 0 Å². The fraction of sp³-hybridized carbons (Fsp3) is 0.375. The zero-order valence-corrected chi connectivity index (χ0v) is 17.5. The van der Waals surface area contributed by atoms with Gasteiger partial charge in [-0.3, -0.25) is 4.79 Å². The minimum Gasteiger partial charge on any atom is -0.385 e. The predicted octanol–water partition coefficient (Wildman–Crippen LogP) is 2.72. The van der Waals surface area contributed by atoms with E-state index in [9.17, 15) is 9.90 Å². The van der Waals surface area contributed by atoms with Crippen LogP contribution in [0.2, 0.25) is 0 Å². The van der Waals surface area contributed by atoms with Gasteiger partial charge in [-0.05, 0) is 30.9 Å². The van der Waals surface area contributed by atoms with E-state index in [1.54, 1.807) is 20.0 Å². The highest BCUT2D eigenvalue weighted by atomic mass is 16.5. The van der Waals surface area contributed by atoms with Crippen molar-refractivity contribution < 1.29 is 14.4 Å². The van der Waals surface area contributed by atoms with E-state index in [-0.39, 0.29) is 5.91 Å². The number of aliphatic hydroxyl groups excluding tert-OH is 1. The zero-order valence-electron chi connectivity index (χ0n) is 17.5. The van der Waals surface area contributed by atoms with Gasteiger partial charge in [0.2, 0.25) is 5.91 Å². The van der Waals surface area contributed by atoms with E-state index in [2.05, 4.69) is 22.0 Å². The van der Waals surface area contributed by atoms with Crippen LogP contribution in [0.5, 0.6) is 0 Å². The number of carbonyl (C=O) groups is 1. The summed E-state index contributed by atoms with van der Waals surface area (Å²) in [5.41, 5.74) is 2.69. The number of nitrogens with zero attached hydrogens (tertiary/aromatic N) is 4. The Kier molecular flexibility index (Phi) is 4.87. The summed E-state index contributed by atoms with van der Waals surface area (Å²) in [4.78, 5) is 17.5. The van der Waals surface area contributed by atoms with Crippen LogP contribution in [-0.4, -0.2) is 43.7 Å². The fourth-order valence-electron chi connectivity index (χ4n) is 4.40. The summed E-state index contributed by atoms with van der Waals surface area (Å²) in [5.74, 6) is 9.63. The van der Waals surface area contributed by atoms with Gasteiger partial charge in [0.25, 0.3) is 0 Å². The molecule has 1 saturated carbocycles. The molecule has 1 amide bonds. The first-order valence-electron chi connectivity index (χ1n) is 10.5. The number of fused-ring (bicyclic) bond motifs is 1. The van der Waals surface area contributed by atoms with Crippen molar-refractivity contribution in [1.82, 2.24) is 19.6 Å². The summed E-state index contributed by atoms with van der Waals surface area (Å²) in [6, 6.07) is 9.89. The normalized spacial score (nSPS) is 22.5. The van der Waals surface area contributed by atoms with Crippen LogP contribution >= 0.6 is 0 Å². The molecule has 2 aliphatic rings. The minimum atomic E-state index is -0.644. The molecule has 7 nitrogen and oxygen atoms in total. The summed E-state index contributed by atoms with van der Waals surface area (Å²) in [7, 11) is 0. The van der Waals surface area contributed by atoms with Crippen molar-refractivity contribution in [2.24, 2.45) is 17.8 Å². The Morgan fingerprint density at radius 2 is 2.03 bits per heavy atom. The number of amides is 1. The van der Waals surface area contributed by atoms with Gasteiger partial charge in [-0.25, -0.2) is 4.98 Å². The Hall–Kier alpha value is -3.37. The Morgan fingerprint density at radius 3 is 2.71 bits per heavy atom. The Labute approximate surface area is 180 Å². The molecule has 0 spiro atoms. The number of hydrogen-bond donors (Lipinski definition) is 1. The molecule has 3 aromatic rings. The summed E-state index contributed by atoms with van der Waals surface area (Å²) < 4.78 is 7.32. The van der Waals surface area contributed by atoms with E-state index in [4.69, 9.17) is 4.52 Å². The lowest BCUT2D eigenvalue weighted by molar-refractivity contribution is -0.128. The molecular weight excluding hydrogens is 392 g/mol. The van der Waals surface area contributed by atoms with E-state index < -0.39 is 6.10 Å². The van der Waals surface area contributed by atoms with Crippen LogP contribution < -0.4 is 0 Å². The van der Waals surface area contributed by atoms with Crippen molar-refractivity contribution in [3.63, 3.8) is 0 Å². The third-order valence-electron chi connectivity index (χ3n) is 6.21. The number of carbonyl (C=O) groups excluding carboxylic acids is 1. The molecule has 1 aliphatic heterocycles. The van der Waals surface area contributed by atoms with Crippen LogP contribution in [0.25, 0.3) is 11.3 Å². The van der Waals surface area contributed by atoms with Crippen molar-refractivity contribution in [1.29, 1.82) is 0 Å². The molecule has 0 unspecified atom stereocenters. The number of aliphatic hydroxyl groups is 1. The number of imidazole rings is 1. The average Bonchev–Trinajstić information content (AvgIpc) is 3.24. The molecule has 1 saturated heterocycles. The number of likely N-dealkylation sites (tertiary alicyclic amines) is 1. The molecule has 158 valence electrons. The largest absolute Gasteiger partial charge is 0.385 e. The van der Waals surface area contributed by atoms with Crippen molar-refractivity contribution in [3.8, 4) is 23.1 Å². The predicted molar refractivity (Wildman–Crippen MR) is 114 cm³/mol. The van der Waals surface area contributed by atoms with Crippen LogP contribution in [0.15, 0.2) is 47.2 Å². The molecule has 3 heterocycles. The molecule has 0 bridgehead atoms. The molecule has 4 atom stereocenters. The summed E-state index contributed by atoms with van der Waals surface area (Å²) in [6.45, 7) is 5.48. The molecule has 1 aromatic carbocycles. The second kappa shape index (κ2) is 7.71. The standard InChI is InChI=1S/C24H24N4O3/c1-15(29)24-25-9-10-27(24)12-19-11-23(26-31-19)18-6-3-17(4-7-18)5-8-20-21-13-28(16(2)30)14-22(20)21/h3-4,6-7,9-11,15,20-22,29H,12-14H2,1-2H3/t15-,20-,21-,22+/m0/s1. The Morgan fingerprint density at radius 1 is 1.29 bits per heavy atom. The highest BCUT2D eigenvalue weighted by Crippen LogP contribution is 2.51. The number of aromatic nitrogens is 3. The van der Waals surface area contributed by atoms with Gasteiger partial charge >= 0.3 is 0 Å². The number of rotatable bonds is 4. The lowest BCUT2D eigenvalue weighted by Gasteiger charge is -2.15. The van der Waals surface area contributed by atoms with Crippen LogP contribution in [0.4, 0.5) is 0 Å². The highest BCUT2D eigenvalue weighted by Gasteiger charge is 2.55. The molecule has 5 rings (SSSR count). The maximum Gasteiger partial charge on any atom is 0.219 e. The number of hydrogen-bond acceptors (Lipinski definition) is 5. The van der Waals surface area contributed by atoms with E-state index in [1.807, 2.05) is 46.0 Å². The third kappa shape index (κ3) is 3.87. The van der Waals surface area contributed by atoms with Crippen LogP contribution in [0.1, 0.15) is 37.1 Å². The molecule has 2 fully saturated rings. The van der Waals surface area contributed by atoms with Gasteiger partial charge in [-0.2, -0.15) is 0 Å². The van der Waals surface area contributed by atoms with Gasteiger partial charge in [0, 0.05) is 55.5 Å². The quantitative estimate of drug-likeness (QED) is 0.661. The topological polar surface area (TPSA) is 84.4 Å². The maximum absolute atomic E-state index is 11.4. The van der Waals surface area contributed by atoms with E-state index in [0.29, 0.717) is 35.9 Å². The van der Waals surface area contributed by atoms with Gasteiger partial charge in [0.15, 0.2) is 5.76 Å². The van der Waals surface area contributed by atoms with Gasteiger partial charge < -0.3 is 19.1 Å². The summed E-state index contributed by atoms with van der Waals surface area (Å²) in [6.07, 6.45) is 2.82. The summed E-state index contributed by atoms with van der Waals surface area (Å²) >= 11 is 0. The molecular formula is C24H24N4O3. The second-order valence-corrected chi connectivity index (χ2v) is 8.39. The monoisotopic (exact) mass is 416 g/mol. The van der Waals surface area contributed by atoms with Gasteiger partial charge in [0.05, 0.1) is 6.54 Å².